The van der Waals surface area contributed by atoms with E-state index in [2.05, 4.69) is 12.2 Å². The van der Waals surface area contributed by atoms with Crippen LogP contribution in [0.15, 0.2) is 24.3 Å². The van der Waals surface area contributed by atoms with E-state index in [4.69, 9.17) is 5.11 Å². The van der Waals surface area contributed by atoms with E-state index in [1.54, 1.807) is 0 Å². The predicted molar refractivity (Wildman–Crippen MR) is 74.3 cm³/mol. The van der Waals surface area contributed by atoms with E-state index < -0.39 is 0 Å². The maximum atomic E-state index is 11.9. The molecule has 0 aromatic heterocycles. The summed E-state index contributed by atoms with van der Waals surface area (Å²) in [5, 5.41) is 11.8. The molecule has 0 fully saturated rings. The second-order valence-corrected chi connectivity index (χ2v) is 4.74. The highest BCUT2D eigenvalue weighted by molar-refractivity contribution is 5.92. The van der Waals surface area contributed by atoms with E-state index in [0.717, 1.165) is 24.1 Å². The van der Waals surface area contributed by atoms with Crippen LogP contribution < -0.4 is 5.32 Å². The Balaban J connectivity index is 2.42. The topological polar surface area (TPSA) is 49.3 Å². The molecule has 0 spiro atoms. The second kappa shape index (κ2) is 7.88. The van der Waals surface area contributed by atoms with Gasteiger partial charge in [0.2, 0.25) is 5.91 Å². The fourth-order valence-corrected chi connectivity index (χ4v) is 1.79. The van der Waals surface area contributed by atoms with Crippen molar-refractivity contribution in [2.45, 2.75) is 46.1 Å². The van der Waals surface area contributed by atoms with Gasteiger partial charge in [0.15, 0.2) is 0 Å². The van der Waals surface area contributed by atoms with Crippen LogP contribution in [0.3, 0.4) is 0 Å². The van der Waals surface area contributed by atoms with Gasteiger partial charge in [0.05, 0.1) is 6.61 Å². The zero-order valence-electron chi connectivity index (χ0n) is 11.3. The first-order chi connectivity index (χ1) is 8.67. The number of hydrogen-bond donors (Lipinski definition) is 2. The lowest BCUT2D eigenvalue weighted by Crippen LogP contribution is -2.20. The minimum Gasteiger partial charge on any atom is -0.392 e. The highest BCUT2D eigenvalue weighted by Gasteiger charge is 2.12. The third-order valence-electron chi connectivity index (χ3n) is 3.09. The highest BCUT2D eigenvalue weighted by Crippen LogP contribution is 2.14. The third-order valence-corrected chi connectivity index (χ3v) is 3.09. The molecule has 1 aromatic carbocycles. The van der Waals surface area contributed by atoms with Crippen molar-refractivity contribution in [1.82, 2.24) is 0 Å². The summed E-state index contributed by atoms with van der Waals surface area (Å²) in [7, 11) is 0. The van der Waals surface area contributed by atoms with Crippen LogP contribution in [0, 0.1) is 5.92 Å². The van der Waals surface area contributed by atoms with Crippen LogP contribution in [0.4, 0.5) is 5.69 Å². The van der Waals surface area contributed by atoms with Gasteiger partial charge in [-0.15, -0.1) is 0 Å². The number of aliphatic hydroxyl groups excluding tert-OH is 1. The fourth-order valence-electron chi connectivity index (χ4n) is 1.79. The summed E-state index contributed by atoms with van der Waals surface area (Å²) in [4.78, 5) is 11.9. The van der Waals surface area contributed by atoms with Crippen molar-refractivity contribution in [3.05, 3.63) is 29.8 Å². The fraction of sp³-hybridized carbons (Fsp3) is 0.533. The van der Waals surface area contributed by atoms with Crippen molar-refractivity contribution in [3.63, 3.8) is 0 Å². The minimum absolute atomic E-state index is 0.0294. The van der Waals surface area contributed by atoms with Gasteiger partial charge in [-0.1, -0.05) is 45.2 Å². The highest BCUT2D eigenvalue weighted by atomic mass is 16.3. The van der Waals surface area contributed by atoms with E-state index >= 15 is 0 Å². The quantitative estimate of drug-likeness (QED) is 0.728. The number of unbranched alkanes of at least 4 members (excludes halogenated alkanes) is 2. The maximum Gasteiger partial charge on any atom is 0.227 e. The Morgan fingerprint density at radius 2 is 1.94 bits per heavy atom. The summed E-state index contributed by atoms with van der Waals surface area (Å²) < 4.78 is 0. The van der Waals surface area contributed by atoms with Crippen molar-refractivity contribution >= 4 is 11.6 Å². The Labute approximate surface area is 109 Å². The van der Waals surface area contributed by atoms with Crippen LogP contribution in [0.1, 0.15) is 45.1 Å². The Hall–Kier alpha value is -1.35. The zero-order chi connectivity index (χ0) is 13.4. The molecule has 1 atom stereocenters. The Morgan fingerprint density at radius 3 is 2.50 bits per heavy atom. The summed E-state index contributed by atoms with van der Waals surface area (Å²) in [6, 6.07) is 7.28. The van der Waals surface area contributed by atoms with Crippen LogP contribution in [0.5, 0.6) is 0 Å². The summed E-state index contributed by atoms with van der Waals surface area (Å²) in [5.74, 6) is 0.122. The van der Waals surface area contributed by atoms with Crippen molar-refractivity contribution in [3.8, 4) is 0 Å². The number of amides is 1. The smallest absolute Gasteiger partial charge is 0.227 e. The van der Waals surface area contributed by atoms with E-state index in [1.165, 1.54) is 12.8 Å². The maximum absolute atomic E-state index is 11.9. The van der Waals surface area contributed by atoms with Gasteiger partial charge in [-0.05, 0) is 24.1 Å². The Morgan fingerprint density at radius 1 is 1.28 bits per heavy atom. The molecule has 18 heavy (non-hydrogen) atoms. The average molecular weight is 249 g/mol. The minimum atomic E-state index is 0.0294. The molecule has 0 saturated carbocycles. The first kappa shape index (κ1) is 14.7. The van der Waals surface area contributed by atoms with Gasteiger partial charge in [0.25, 0.3) is 0 Å². The van der Waals surface area contributed by atoms with Gasteiger partial charge < -0.3 is 10.4 Å². The molecule has 0 heterocycles. The molecule has 1 amide bonds. The molecular weight excluding hydrogens is 226 g/mol. The van der Waals surface area contributed by atoms with Gasteiger partial charge in [-0.2, -0.15) is 0 Å². The van der Waals surface area contributed by atoms with E-state index in [0.29, 0.717) is 0 Å². The molecular formula is C15H23NO2. The number of carbonyl (C=O) groups is 1. The van der Waals surface area contributed by atoms with Gasteiger partial charge in [-0.3, -0.25) is 4.79 Å². The standard InChI is InChI=1S/C15H23NO2/c1-3-4-5-6-12(2)15(18)16-14-9-7-13(11-17)8-10-14/h7-10,12,17H,3-6,11H2,1-2H3,(H,16,18)/t12-/m0/s1. The van der Waals surface area contributed by atoms with Crippen molar-refractivity contribution < 1.29 is 9.90 Å². The monoisotopic (exact) mass is 249 g/mol. The average Bonchev–Trinajstić information content (AvgIpc) is 2.39. The van der Waals surface area contributed by atoms with Crippen LogP contribution >= 0.6 is 0 Å². The first-order valence-corrected chi connectivity index (χ1v) is 6.68. The lowest BCUT2D eigenvalue weighted by atomic mass is 10.0. The Bertz CT molecular complexity index is 359. The largest absolute Gasteiger partial charge is 0.392 e. The van der Waals surface area contributed by atoms with E-state index in [9.17, 15) is 4.79 Å². The number of aliphatic hydroxyl groups is 1. The SMILES string of the molecule is CCCCC[C@H](C)C(=O)Nc1ccc(CO)cc1. The lowest BCUT2D eigenvalue weighted by Gasteiger charge is -2.12. The molecule has 1 rings (SSSR count). The van der Waals surface area contributed by atoms with Crippen molar-refractivity contribution in [2.24, 2.45) is 5.92 Å². The number of anilines is 1. The summed E-state index contributed by atoms with van der Waals surface area (Å²) in [6.45, 7) is 4.15. The number of rotatable bonds is 7. The summed E-state index contributed by atoms with van der Waals surface area (Å²) in [5.41, 5.74) is 1.64. The van der Waals surface area contributed by atoms with Crippen LogP contribution in [0.2, 0.25) is 0 Å². The molecule has 1 aromatic rings. The van der Waals surface area contributed by atoms with Crippen LogP contribution in [0.25, 0.3) is 0 Å². The molecule has 0 radical (unpaired) electrons. The van der Waals surface area contributed by atoms with Gasteiger partial charge in [0, 0.05) is 11.6 Å². The van der Waals surface area contributed by atoms with Gasteiger partial charge in [0.1, 0.15) is 0 Å². The van der Waals surface area contributed by atoms with Crippen molar-refractivity contribution in [2.75, 3.05) is 5.32 Å². The first-order valence-electron chi connectivity index (χ1n) is 6.68. The molecule has 0 saturated heterocycles. The van der Waals surface area contributed by atoms with Gasteiger partial charge >= 0.3 is 0 Å². The molecule has 0 aliphatic rings. The Kier molecular flexibility index (Phi) is 6.44. The predicted octanol–water partition coefficient (Wildman–Crippen LogP) is 3.33. The van der Waals surface area contributed by atoms with Crippen molar-refractivity contribution in [1.29, 1.82) is 0 Å². The molecule has 0 bridgehead atoms. The third kappa shape index (κ3) is 4.88. The second-order valence-electron chi connectivity index (χ2n) is 4.74. The zero-order valence-corrected chi connectivity index (χ0v) is 11.3. The molecule has 0 aliphatic heterocycles. The molecule has 3 nitrogen and oxygen atoms in total. The molecule has 2 N–H and O–H groups in total. The molecule has 3 heteroatoms. The summed E-state index contributed by atoms with van der Waals surface area (Å²) >= 11 is 0. The van der Waals surface area contributed by atoms with E-state index in [-0.39, 0.29) is 18.4 Å². The van der Waals surface area contributed by atoms with Crippen LogP contribution in [-0.2, 0) is 11.4 Å². The lowest BCUT2D eigenvalue weighted by molar-refractivity contribution is -0.119. The molecule has 100 valence electrons. The number of hydrogen-bond acceptors (Lipinski definition) is 2. The molecule has 0 unspecified atom stereocenters. The number of carbonyl (C=O) groups excluding carboxylic acids is 1. The normalized spacial score (nSPS) is 12.2. The van der Waals surface area contributed by atoms with Crippen LogP contribution in [-0.4, -0.2) is 11.0 Å². The number of nitrogens with one attached hydrogen (secondary N) is 1. The molecule has 0 aliphatic carbocycles. The summed E-state index contributed by atoms with van der Waals surface area (Å²) in [6.07, 6.45) is 4.41. The van der Waals surface area contributed by atoms with Gasteiger partial charge in [-0.25, -0.2) is 0 Å². The number of benzene rings is 1. The van der Waals surface area contributed by atoms with E-state index in [1.807, 2.05) is 31.2 Å².